The molecule has 2 aromatic rings. The molecule has 1 aromatic heterocycles. The molecule has 0 unspecified atom stereocenters. The Balaban J connectivity index is 2.11. The van der Waals surface area contributed by atoms with Crippen molar-refractivity contribution in [1.82, 2.24) is 20.3 Å². The molecule has 10 nitrogen and oxygen atoms in total. The number of benzene rings is 1. The molecular weight excluding hydrogens is 386 g/mol. The Labute approximate surface area is 176 Å². The number of anilines is 1. The number of rotatable bonds is 12. The number of urea groups is 1. The minimum absolute atomic E-state index is 0.0657. The molecule has 1 heterocycles. The highest BCUT2D eigenvalue weighted by molar-refractivity contribution is 5.93. The van der Waals surface area contributed by atoms with Crippen molar-refractivity contribution in [2.24, 2.45) is 11.5 Å². The molecule has 1 aromatic carbocycles. The van der Waals surface area contributed by atoms with Gasteiger partial charge in [-0.15, -0.1) is 5.10 Å². The molecule has 0 aliphatic carbocycles. The number of amides is 3. The van der Waals surface area contributed by atoms with Crippen molar-refractivity contribution in [2.75, 3.05) is 11.9 Å². The van der Waals surface area contributed by atoms with Crippen molar-refractivity contribution in [3.05, 3.63) is 41.7 Å². The molecule has 0 fully saturated rings. The molecule has 3 amide bonds. The van der Waals surface area contributed by atoms with Crippen LogP contribution in [0.15, 0.2) is 30.5 Å². The molecule has 0 aliphatic rings. The molecule has 10 heteroatoms. The van der Waals surface area contributed by atoms with Gasteiger partial charge in [0.05, 0.1) is 24.5 Å². The van der Waals surface area contributed by atoms with Crippen LogP contribution in [-0.2, 0) is 11.4 Å². The van der Waals surface area contributed by atoms with E-state index < -0.39 is 12.1 Å². The number of hydrogen-bond acceptors (Lipinski definition) is 6. The standard InChI is InChI=1S/C20H31N7O3/c1-2-3-5-16(21)17-12-27(26-25-17)18(6-4-11-23-20(22)30)19(29)24-15-9-7-14(13-28)8-10-15/h7-10,12,16,18,28H,2-6,11,13,21H2,1H3,(H,24,29)(H3,22,23,30)/t16-,18-/m0/s1. The van der Waals surface area contributed by atoms with Crippen molar-refractivity contribution in [2.45, 2.75) is 57.7 Å². The third-order valence-corrected chi connectivity index (χ3v) is 4.76. The summed E-state index contributed by atoms with van der Waals surface area (Å²) in [6.45, 7) is 2.38. The second-order valence-electron chi connectivity index (χ2n) is 7.17. The number of unbranched alkanes of at least 4 members (excludes halogenated alkanes) is 1. The number of hydrogen-bond donors (Lipinski definition) is 5. The van der Waals surface area contributed by atoms with Crippen LogP contribution in [0, 0.1) is 0 Å². The highest BCUT2D eigenvalue weighted by Gasteiger charge is 2.23. The van der Waals surface area contributed by atoms with Gasteiger partial charge < -0.3 is 27.2 Å². The van der Waals surface area contributed by atoms with E-state index in [0.717, 1.165) is 24.8 Å². The van der Waals surface area contributed by atoms with Crippen LogP contribution in [0.5, 0.6) is 0 Å². The van der Waals surface area contributed by atoms with E-state index in [9.17, 15) is 9.59 Å². The number of aliphatic hydroxyl groups excluding tert-OH is 1. The van der Waals surface area contributed by atoms with Gasteiger partial charge in [0.2, 0.25) is 5.91 Å². The molecule has 0 radical (unpaired) electrons. The number of nitrogens with zero attached hydrogens (tertiary/aromatic N) is 3. The maximum Gasteiger partial charge on any atom is 0.312 e. The van der Waals surface area contributed by atoms with Crippen LogP contribution in [-0.4, -0.2) is 38.6 Å². The fourth-order valence-electron chi connectivity index (χ4n) is 2.99. The number of nitrogens with one attached hydrogen (secondary N) is 2. The van der Waals surface area contributed by atoms with Gasteiger partial charge >= 0.3 is 6.03 Å². The lowest BCUT2D eigenvalue weighted by Gasteiger charge is -2.17. The first-order chi connectivity index (χ1) is 14.4. The van der Waals surface area contributed by atoms with E-state index in [1.807, 2.05) is 0 Å². The normalized spacial score (nSPS) is 12.9. The van der Waals surface area contributed by atoms with Gasteiger partial charge in [-0.25, -0.2) is 9.48 Å². The van der Waals surface area contributed by atoms with Crippen molar-refractivity contribution >= 4 is 17.6 Å². The molecule has 0 aliphatic heterocycles. The Morgan fingerprint density at radius 1 is 1.20 bits per heavy atom. The van der Waals surface area contributed by atoms with Crippen LogP contribution < -0.4 is 22.1 Å². The van der Waals surface area contributed by atoms with Crippen LogP contribution in [0.25, 0.3) is 0 Å². The van der Waals surface area contributed by atoms with Crippen LogP contribution >= 0.6 is 0 Å². The second-order valence-corrected chi connectivity index (χ2v) is 7.17. The number of primary amides is 1. The number of nitrogens with two attached hydrogens (primary N) is 2. The van der Waals surface area contributed by atoms with Crippen LogP contribution in [0.1, 0.15) is 62.4 Å². The lowest BCUT2D eigenvalue weighted by atomic mass is 10.1. The first-order valence-corrected chi connectivity index (χ1v) is 10.2. The van der Waals surface area contributed by atoms with Crippen LogP contribution in [0.4, 0.5) is 10.5 Å². The van der Waals surface area contributed by atoms with Crippen molar-refractivity contribution in [3.63, 3.8) is 0 Å². The summed E-state index contributed by atoms with van der Waals surface area (Å²) in [5.41, 5.74) is 13.3. The Morgan fingerprint density at radius 3 is 2.57 bits per heavy atom. The zero-order valence-electron chi connectivity index (χ0n) is 17.3. The number of aliphatic hydroxyl groups is 1. The highest BCUT2D eigenvalue weighted by Crippen LogP contribution is 2.20. The largest absolute Gasteiger partial charge is 0.392 e. The maximum atomic E-state index is 13.0. The molecule has 7 N–H and O–H groups in total. The summed E-state index contributed by atoms with van der Waals surface area (Å²) in [5.74, 6) is -0.260. The minimum Gasteiger partial charge on any atom is -0.392 e. The quantitative estimate of drug-likeness (QED) is 0.329. The predicted octanol–water partition coefficient (Wildman–Crippen LogP) is 1.59. The monoisotopic (exact) mass is 417 g/mol. The van der Waals surface area contributed by atoms with E-state index in [0.29, 0.717) is 30.8 Å². The minimum atomic E-state index is -0.628. The molecule has 30 heavy (non-hydrogen) atoms. The van der Waals surface area contributed by atoms with Gasteiger partial charge in [-0.2, -0.15) is 0 Å². The first-order valence-electron chi connectivity index (χ1n) is 10.2. The summed E-state index contributed by atoms with van der Waals surface area (Å²) < 4.78 is 1.52. The summed E-state index contributed by atoms with van der Waals surface area (Å²) in [5, 5.41) is 22.8. The number of aromatic nitrogens is 3. The van der Waals surface area contributed by atoms with E-state index in [1.54, 1.807) is 30.5 Å². The van der Waals surface area contributed by atoms with E-state index in [2.05, 4.69) is 27.9 Å². The van der Waals surface area contributed by atoms with Gasteiger partial charge in [0, 0.05) is 12.2 Å². The summed E-state index contributed by atoms with van der Waals surface area (Å²) >= 11 is 0. The van der Waals surface area contributed by atoms with Gasteiger partial charge in [0.1, 0.15) is 6.04 Å². The summed E-state index contributed by atoms with van der Waals surface area (Å²) in [6, 6.07) is 5.46. The smallest absolute Gasteiger partial charge is 0.312 e. The molecular formula is C20H31N7O3. The topological polar surface area (TPSA) is 161 Å². The van der Waals surface area contributed by atoms with E-state index >= 15 is 0 Å². The molecule has 2 rings (SSSR count). The molecule has 0 saturated heterocycles. The Hall–Kier alpha value is -2.98. The van der Waals surface area contributed by atoms with E-state index in [1.165, 1.54) is 4.68 Å². The summed E-state index contributed by atoms with van der Waals surface area (Å²) in [7, 11) is 0. The maximum absolute atomic E-state index is 13.0. The zero-order valence-corrected chi connectivity index (χ0v) is 17.3. The van der Waals surface area contributed by atoms with Gasteiger partial charge in [-0.05, 0) is 37.0 Å². The van der Waals surface area contributed by atoms with Crippen LogP contribution in [0.3, 0.4) is 0 Å². The van der Waals surface area contributed by atoms with Gasteiger partial charge in [-0.1, -0.05) is 37.1 Å². The van der Waals surface area contributed by atoms with Crippen molar-refractivity contribution in [3.8, 4) is 0 Å². The molecule has 2 atom stereocenters. The average Bonchev–Trinajstić information content (AvgIpc) is 3.22. The SMILES string of the molecule is CCCC[C@H](N)c1cn([C@@H](CCCNC(N)=O)C(=O)Nc2ccc(CO)cc2)nn1. The zero-order chi connectivity index (χ0) is 21.9. The molecule has 164 valence electrons. The second kappa shape index (κ2) is 11.9. The molecule has 0 spiro atoms. The van der Waals surface area contributed by atoms with Gasteiger partial charge in [-0.3, -0.25) is 4.79 Å². The van der Waals surface area contributed by atoms with Crippen molar-refractivity contribution in [1.29, 1.82) is 0 Å². The van der Waals surface area contributed by atoms with Crippen molar-refractivity contribution < 1.29 is 14.7 Å². The van der Waals surface area contributed by atoms with Crippen LogP contribution in [0.2, 0.25) is 0 Å². The van der Waals surface area contributed by atoms with E-state index in [-0.39, 0.29) is 18.6 Å². The van der Waals surface area contributed by atoms with Gasteiger partial charge in [0.15, 0.2) is 0 Å². The highest BCUT2D eigenvalue weighted by atomic mass is 16.3. The fraction of sp³-hybridized carbons (Fsp3) is 0.500. The summed E-state index contributed by atoms with van der Waals surface area (Å²) in [6.07, 6.45) is 5.48. The lowest BCUT2D eigenvalue weighted by Crippen LogP contribution is -2.31. The molecule has 0 bridgehead atoms. The molecule has 0 saturated carbocycles. The predicted molar refractivity (Wildman–Crippen MR) is 113 cm³/mol. The lowest BCUT2D eigenvalue weighted by molar-refractivity contribution is -0.119. The number of carbonyl (C=O) groups excluding carboxylic acids is 2. The van der Waals surface area contributed by atoms with Gasteiger partial charge in [0.25, 0.3) is 0 Å². The fourth-order valence-corrected chi connectivity index (χ4v) is 2.99. The third kappa shape index (κ3) is 7.12. The Kier molecular flexibility index (Phi) is 9.23. The Morgan fingerprint density at radius 2 is 1.93 bits per heavy atom. The van der Waals surface area contributed by atoms with E-state index in [4.69, 9.17) is 16.6 Å². The third-order valence-electron chi connectivity index (χ3n) is 4.76. The number of carbonyl (C=O) groups is 2. The first kappa shape index (κ1) is 23.3. The average molecular weight is 418 g/mol. The Bertz CT molecular complexity index is 807. The summed E-state index contributed by atoms with van der Waals surface area (Å²) in [4.78, 5) is 23.8.